The van der Waals surface area contributed by atoms with Crippen molar-refractivity contribution in [2.75, 3.05) is 13.2 Å². The molecule has 1 rings (SSSR count). The summed E-state index contributed by atoms with van der Waals surface area (Å²) < 4.78 is 14.3. The van der Waals surface area contributed by atoms with E-state index in [0.717, 1.165) is 0 Å². The zero-order chi connectivity index (χ0) is 13.8. The van der Waals surface area contributed by atoms with Gasteiger partial charge in [0, 0.05) is 6.42 Å². The molecule has 0 aliphatic carbocycles. The van der Waals surface area contributed by atoms with Crippen molar-refractivity contribution >= 4 is 17.9 Å². The summed E-state index contributed by atoms with van der Waals surface area (Å²) in [4.78, 5) is 34.0. The lowest BCUT2D eigenvalue weighted by molar-refractivity contribution is -0.170. The highest BCUT2D eigenvalue weighted by Crippen LogP contribution is 2.21. The predicted molar refractivity (Wildman–Crippen MR) is 60.5 cm³/mol. The summed E-state index contributed by atoms with van der Waals surface area (Å²) >= 11 is 0. The maximum atomic E-state index is 11.6. The second-order valence-corrected chi connectivity index (χ2v) is 4.75. The number of cyclic esters (lactones) is 1. The number of esters is 3. The van der Waals surface area contributed by atoms with Crippen LogP contribution in [-0.4, -0.2) is 37.2 Å². The van der Waals surface area contributed by atoms with Crippen LogP contribution in [0.2, 0.25) is 0 Å². The van der Waals surface area contributed by atoms with Crippen LogP contribution >= 0.6 is 0 Å². The van der Waals surface area contributed by atoms with E-state index >= 15 is 0 Å². The van der Waals surface area contributed by atoms with Crippen LogP contribution in [0.25, 0.3) is 0 Å². The zero-order valence-electron chi connectivity index (χ0n) is 10.9. The minimum absolute atomic E-state index is 0.249. The van der Waals surface area contributed by atoms with Gasteiger partial charge in [-0.25, -0.2) is 9.59 Å². The lowest BCUT2D eigenvalue weighted by Crippen LogP contribution is -2.30. The maximum Gasteiger partial charge on any atom is 0.347 e. The van der Waals surface area contributed by atoms with E-state index in [9.17, 15) is 14.4 Å². The van der Waals surface area contributed by atoms with E-state index in [-0.39, 0.29) is 6.61 Å². The molecule has 1 atom stereocenters. The molecule has 0 spiro atoms. The van der Waals surface area contributed by atoms with Crippen molar-refractivity contribution in [3.63, 3.8) is 0 Å². The molecule has 6 heteroatoms. The molecule has 18 heavy (non-hydrogen) atoms. The smallest absolute Gasteiger partial charge is 0.347 e. The third kappa shape index (κ3) is 3.72. The summed E-state index contributed by atoms with van der Waals surface area (Å²) in [5, 5.41) is 0. The van der Waals surface area contributed by atoms with Crippen LogP contribution in [0.4, 0.5) is 0 Å². The van der Waals surface area contributed by atoms with Crippen LogP contribution in [0.5, 0.6) is 0 Å². The number of hydrogen-bond acceptors (Lipinski definition) is 6. The van der Waals surface area contributed by atoms with Gasteiger partial charge in [0.1, 0.15) is 0 Å². The molecule has 0 aromatic heterocycles. The quantitative estimate of drug-likeness (QED) is 0.536. The normalized spacial score (nSPS) is 19.3. The molecule has 0 aromatic rings. The minimum Gasteiger partial charge on any atom is -0.463 e. The SMILES string of the molecule is CCC(C)(C)C(=O)OCC(=O)OC1CCOC1=O. The van der Waals surface area contributed by atoms with Gasteiger partial charge in [0.2, 0.25) is 6.10 Å². The third-order valence-corrected chi connectivity index (χ3v) is 2.92. The summed E-state index contributed by atoms with van der Waals surface area (Å²) in [5.74, 6) is -1.75. The van der Waals surface area contributed by atoms with Crippen molar-refractivity contribution in [2.45, 2.75) is 39.7 Å². The van der Waals surface area contributed by atoms with Gasteiger partial charge in [-0.15, -0.1) is 0 Å². The lowest BCUT2D eigenvalue weighted by atomic mass is 9.91. The average molecular weight is 258 g/mol. The second-order valence-electron chi connectivity index (χ2n) is 4.75. The van der Waals surface area contributed by atoms with Gasteiger partial charge in [-0.1, -0.05) is 6.92 Å². The molecule has 1 unspecified atom stereocenters. The Morgan fingerprint density at radius 1 is 1.44 bits per heavy atom. The first kappa shape index (κ1) is 14.5. The highest BCUT2D eigenvalue weighted by atomic mass is 16.6. The van der Waals surface area contributed by atoms with E-state index in [1.165, 1.54) is 0 Å². The van der Waals surface area contributed by atoms with E-state index in [0.29, 0.717) is 12.8 Å². The molecule has 0 bridgehead atoms. The molecule has 1 fully saturated rings. The van der Waals surface area contributed by atoms with Crippen LogP contribution in [0.1, 0.15) is 33.6 Å². The van der Waals surface area contributed by atoms with Crippen LogP contribution in [0.3, 0.4) is 0 Å². The van der Waals surface area contributed by atoms with Crippen molar-refractivity contribution in [2.24, 2.45) is 5.41 Å². The first-order valence-electron chi connectivity index (χ1n) is 5.90. The molecule has 0 N–H and O–H groups in total. The Labute approximate surface area is 106 Å². The summed E-state index contributed by atoms with van der Waals surface area (Å²) in [6.45, 7) is 5.09. The average Bonchev–Trinajstić information content (AvgIpc) is 2.72. The topological polar surface area (TPSA) is 78.9 Å². The third-order valence-electron chi connectivity index (χ3n) is 2.92. The van der Waals surface area contributed by atoms with Gasteiger partial charge < -0.3 is 14.2 Å². The van der Waals surface area contributed by atoms with Crippen molar-refractivity contribution in [1.82, 2.24) is 0 Å². The first-order valence-corrected chi connectivity index (χ1v) is 5.90. The molecule has 102 valence electrons. The Bertz CT molecular complexity index is 346. The van der Waals surface area contributed by atoms with Gasteiger partial charge in [0.15, 0.2) is 6.61 Å². The molecular weight excluding hydrogens is 240 g/mol. The summed E-state index contributed by atoms with van der Waals surface area (Å²) in [6, 6.07) is 0. The molecule has 0 radical (unpaired) electrons. The Morgan fingerprint density at radius 2 is 2.11 bits per heavy atom. The number of carbonyl (C=O) groups excluding carboxylic acids is 3. The molecule has 1 saturated heterocycles. The van der Waals surface area contributed by atoms with Crippen molar-refractivity contribution in [3.05, 3.63) is 0 Å². The van der Waals surface area contributed by atoms with Crippen LogP contribution in [-0.2, 0) is 28.6 Å². The van der Waals surface area contributed by atoms with Crippen molar-refractivity contribution in [1.29, 1.82) is 0 Å². The molecule has 1 aliphatic heterocycles. The van der Waals surface area contributed by atoms with Gasteiger partial charge in [-0.05, 0) is 20.3 Å². The van der Waals surface area contributed by atoms with Gasteiger partial charge in [-0.3, -0.25) is 4.79 Å². The maximum absolute atomic E-state index is 11.6. The van der Waals surface area contributed by atoms with E-state index in [1.807, 2.05) is 6.92 Å². The Morgan fingerprint density at radius 3 is 2.61 bits per heavy atom. The zero-order valence-corrected chi connectivity index (χ0v) is 10.9. The van der Waals surface area contributed by atoms with Gasteiger partial charge in [-0.2, -0.15) is 0 Å². The lowest BCUT2D eigenvalue weighted by Gasteiger charge is -2.20. The van der Waals surface area contributed by atoms with Crippen molar-refractivity contribution < 1.29 is 28.6 Å². The highest BCUT2D eigenvalue weighted by Gasteiger charge is 2.31. The van der Waals surface area contributed by atoms with Gasteiger partial charge >= 0.3 is 17.9 Å². The molecule has 0 aromatic carbocycles. The van der Waals surface area contributed by atoms with Crippen LogP contribution in [0, 0.1) is 5.41 Å². The summed E-state index contributed by atoms with van der Waals surface area (Å²) in [7, 11) is 0. The fraction of sp³-hybridized carbons (Fsp3) is 0.750. The van der Waals surface area contributed by atoms with E-state index in [1.54, 1.807) is 13.8 Å². The first-order chi connectivity index (χ1) is 8.36. The fourth-order valence-electron chi connectivity index (χ4n) is 1.24. The van der Waals surface area contributed by atoms with Crippen LogP contribution < -0.4 is 0 Å². The summed E-state index contributed by atoms with van der Waals surface area (Å²) in [5.41, 5.74) is -0.632. The predicted octanol–water partition coefficient (Wildman–Crippen LogP) is 0.825. The molecule has 0 amide bonds. The summed E-state index contributed by atoms with van der Waals surface area (Å²) in [6.07, 6.45) is 0.0878. The number of ether oxygens (including phenoxy) is 3. The Kier molecular flexibility index (Phi) is 4.69. The van der Waals surface area contributed by atoms with E-state index < -0.39 is 36.0 Å². The fourth-order valence-corrected chi connectivity index (χ4v) is 1.24. The Hall–Kier alpha value is -1.59. The largest absolute Gasteiger partial charge is 0.463 e. The van der Waals surface area contributed by atoms with Gasteiger partial charge in [0.25, 0.3) is 0 Å². The van der Waals surface area contributed by atoms with Crippen LogP contribution in [0.15, 0.2) is 0 Å². The molecule has 1 aliphatic rings. The van der Waals surface area contributed by atoms with Gasteiger partial charge in [0.05, 0.1) is 12.0 Å². The number of rotatable bonds is 5. The highest BCUT2D eigenvalue weighted by molar-refractivity contribution is 5.83. The molecule has 0 saturated carbocycles. The Balaban J connectivity index is 2.33. The monoisotopic (exact) mass is 258 g/mol. The minimum atomic E-state index is -0.865. The number of carbonyl (C=O) groups is 3. The van der Waals surface area contributed by atoms with Crippen molar-refractivity contribution in [3.8, 4) is 0 Å². The van der Waals surface area contributed by atoms with E-state index in [4.69, 9.17) is 9.47 Å². The van der Waals surface area contributed by atoms with E-state index in [2.05, 4.69) is 4.74 Å². The molecule has 1 heterocycles. The molecular formula is C12H18O6. The second kappa shape index (κ2) is 5.84. The number of hydrogen-bond donors (Lipinski definition) is 0. The molecule has 6 nitrogen and oxygen atoms in total. The standard InChI is InChI=1S/C12H18O6/c1-4-12(2,3)11(15)17-7-9(13)18-8-5-6-16-10(8)14/h8H,4-7H2,1-3H3.